The van der Waals surface area contributed by atoms with Crippen LogP contribution in [-0.4, -0.2) is 9.97 Å². The lowest BCUT2D eigenvalue weighted by Gasteiger charge is -2.05. The van der Waals surface area contributed by atoms with E-state index in [-0.39, 0.29) is 17.1 Å². The highest BCUT2D eigenvalue weighted by Gasteiger charge is 2.14. The van der Waals surface area contributed by atoms with Crippen LogP contribution in [0.2, 0.25) is 5.02 Å². The Hall–Kier alpha value is -2.15. The number of rotatable bonds is 4. The predicted molar refractivity (Wildman–Crippen MR) is 111 cm³/mol. The highest BCUT2D eigenvalue weighted by Crippen LogP contribution is 2.32. The van der Waals surface area contributed by atoms with Gasteiger partial charge in [-0.2, -0.15) is 0 Å². The molecule has 1 N–H and O–H groups in total. The Morgan fingerprint density at radius 3 is 2.74 bits per heavy atom. The van der Waals surface area contributed by atoms with Crippen molar-refractivity contribution in [2.24, 2.45) is 0 Å². The molecule has 0 aliphatic carbocycles. The van der Waals surface area contributed by atoms with Gasteiger partial charge in [-0.1, -0.05) is 59.3 Å². The molecule has 2 aromatic carbocycles. The van der Waals surface area contributed by atoms with Gasteiger partial charge in [-0.05, 0) is 24.6 Å². The summed E-state index contributed by atoms with van der Waals surface area (Å²) in [5.41, 5.74) is 3.23. The molecule has 0 saturated heterocycles. The zero-order valence-electron chi connectivity index (χ0n) is 14.3. The Bertz CT molecular complexity index is 1160. The Morgan fingerprint density at radius 1 is 1.22 bits per heavy atom. The number of fused-ring (bicyclic) bond motifs is 1. The molecule has 27 heavy (non-hydrogen) atoms. The number of thiophene rings is 1. The molecule has 136 valence electrons. The highest BCUT2D eigenvalue weighted by atomic mass is 35.5. The van der Waals surface area contributed by atoms with Crippen LogP contribution >= 0.6 is 34.7 Å². The van der Waals surface area contributed by atoms with Crippen molar-refractivity contribution < 1.29 is 4.39 Å². The molecule has 0 aliphatic rings. The number of benzene rings is 2. The van der Waals surface area contributed by atoms with Gasteiger partial charge in [0.15, 0.2) is 5.16 Å². The van der Waals surface area contributed by atoms with Gasteiger partial charge in [-0.15, -0.1) is 11.3 Å². The van der Waals surface area contributed by atoms with Crippen LogP contribution in [-0.2, 0) is 5.75 Å². The maximum atomic E-state index is 13.9. The lowest BCUT2D eigenvalue weighted by Crippen LogP contribution is -2.08. The normalized spacial score (nSPS) is 11.2. The fourth-order valence-electron chi connectivity index (χ4n) is 2.75. The molecular weight excluding hydrogens is 403 g/mol. The Balaban J connectivity index is 1.67. The molecule has 7 heteroatoms. The first-order valence-corrected chi connectivity index (χ1v) is 10.4. The first-order chi connectivity index (χ1) is 13.0. The molecular formula is C20H14ClFN2OS2. The standard InChI is InChI=1S/C20H14ClFN2OS2/c1-11-5-7-12(8-6-11)13-9-26-19-17(13)18(25)23-20(24-19)27-10-14-15(21)3-2-4-16(14)22/h2-9H,10H2,1H3,(H,23,24,25). The average molecular weight is 417 g/mol. The second-order valence-corrected chi connectivity index (χ2v) is 8.28. The summed E-state index contributed by atoms with van der Waals surface area (Å²) >= 11 is 8.74. The number of aromatic nitrogens is 2. The Morgan fingerprint density at radius 2 is 2.00 bits per heavy atom. The molecule has 0 radical (unpaired) electrons. The van der Waals surface area contributed by atoms with Gasteiger partial charge < -0.3 is 4.98 Å². The molecule has 0 saturated carbocycles. The van der Waals surface area contributed by atoms with Crippen LogP contribution in [0, 0.1) is 12.7 Å². The maximum absolute atomic E-state index is 13.9. The van der Waals surface area contributed by atoms with E-state index in [0.717, 1.165) is 16.7 Å². The number of hydrogen-bond acceptors (Lipinski definition) is 4. The molecule has 3 nitrogen and oxygen atoms in total. The van der Waals surface area contributed by atoms with E-state index in [1.807, 2.05) is 36.6 Å². The summed E-state index contributed by atoms with van der Waals surface area (Å²) in [6.07, 6.45) is 0. The first kappa shape index (κ1) is 18.2. The largest absolute Gasteiger partial charge is 0.301 e. The van der Waals surface area contributed by atoms with Gasteiger partial charge in [0.2, 0.25) is 0 Å². The van der Waals surface area contributed by atoms with Gasteiger partial charge in [0.25, 0.3) is 5.56 Å². The molecule has 0 atom stereocenters. The van der Waals surface area contributed by atoms with Gasteiger partial charge in [0, 0.05) is 27.3 Å². The Kier molecular flexibility index (Phi) is 5.04. The van der Waals surface area contributed by atoms with Crippen LogP contribution in [0.5, 0.6) is 0 Å². The van der Waals surface area contributed by atoms with E-state index in [4.69, 9.17) is 11.6 Å². The first-order valence-electron chi connectivity index (χ1n) is 8.17. The van der Waals surface area contributed by atoms with Crippen LogP contribution in [0.15, 0.2) is 57.8 Å². The molecule has 2 heterocycles. The molecule has 4 rings (SSSR count). The third-order valence-electron chi connectivity index (χ3n) is 4.20. The maximum Gasteiger partial charge on any atom is 0.260 e. The third kappa shape index (κ3) is 3.65. The van der Waals surface area contributed by atoms with Crippen molar-refractivity contribution in [3.63, 3.8) is 0 Å². The second-order valence-electron chi connectivity index (χ2n) is 6.06. The molecule has 0 bridgehead atoms. The summed E-state index contributed by atoms with van der Waals surface area (Å²) in [6.45, 7) is 2.02. The van der Waals surface area contributed by atoms with Crippen LogP contribution < -0.4 is 5.56 Å². The molecule has 0 unspecified atom stereocenters. The van der Waals surface area contributed by atoms with Crippen molar-refractivity contribution in [1.82, 2.24) is 9.97 Å². The second kappa shape index (κ2) is 7.46. The summed E-state index contributed by atoms with van der Waals surface area (Å²) in [5.74, 6) is -0.0768. The number of thioether (sulfide) groups is 1. The van der Waals surface area contributed by atoms with E-state index in [2.05, 4.69) is 9.97 Å². The number of H-pyrrole nitrogens is 1. The van der Waals surface area contributed by atoms with Gasteiger partial charge in [0.1, 0.15) is 10.6 Å². The van der Waals surface area contributed by atoms with Gasteiger partial charge in [-0.3, -0.25) is 4.79 Å². The number of aryl methyl sites for hydroxylation is 1. The van der Waals surface area contributed by atoms with E-state index in [1.54, 1.807) is 12.1 Å². The number of nitrogens with zero attached hydrogens (tertiary/aromatic N) is 1. The van der Waals surface area contributed by atoms with Crippen LogP contribution in [0.25, 0.3) is 21.3 Å². The summed E-state index contributed by atoms with van der Waals surface area (Å²) in [4.78, 5) is 20.7. The number of nitrogens with one attached hydrogen (secondary N) is 1. The summed E-state index contributed by atoms with van der Waals surface area (Å²) in [5, 5.41) is 3.34. The lowest BCUT2D eigenvalue weighted by molar-refractivity contribution is 0.617. The molecule has 0 amide bonds. The summed E-state index contributed by atoms with van der Waals surface area (Å²) in [6, 6.07) is 12.6. The van der Waals surface area contributed by atoms with Gasteiger partial charge in [0.05, 0.1) is 5.39 Å². The molecule has 4 aromatic rings. The molecule has 0 spiro atoms. The smallest absolute Gasteiger partial charge is 0.260 e. The van der Waals surface area contributed by atoms with Crippen molar-refractivity contribution >= 4 is 44.9 Å². The molecule has 0 fully saturated rings. The zero-order chi connectivity index (χ0) is 19.0. The van der Waals surface area contributed by atoms with Crippen molar-refractivity contribution in [1.29, 1.82) is 0 Å². The van der Waals surface area contributed by atoms with Gasteiger partial charge in [-0.25, -0.2) is 9.37 Å². The quantitative estimate of drug-likeness (QED) is 0.325. The van der Waals surface area contributed by atoms with E-state index < -0.39 is 0 Å². The third-order valence-corrected chi connectivity index (χ3v) is 6.33. The molecule has 0 aliphatic heterocycles. The molecule has 2 aromatic heterocycles. The summed E-state index contributed by atoms with van der Waals surface area (Å²) in [7, 11) is 0. The fraction of sp³-hybridized carbons (Fsp3) is 0.100. The van der Waals surface area contributed by atoms with Crippen molar-refractivity contribution in [3.05, 3.63) is 80.2 Å². The number of hydrogen-bond donors (Lipinski definition) is 1. The van der Waals surface area contributed by atoms with E-state index in [0.29, 0.717) is 26.0 Å². The van der Waals surface area contributed by atoms with Gasteiger partial charge >= 0.3 is 0 Å². The minimum atomic E-state index is -0.365. The minimum Gasteiger partial charge on any atom is -0.301 e. The Labute approximate surface area is 168 Å². The van der Waals surface area contributed by atoms with Crippen LogP contribution in [0.3, 0.4) is 0 Å². The average Bonchev–Trinajstić information content (AvgIpc) is 3.06. The van der Waals surface area contributed by atoms with E-state index in [9.17, 15) is 9.18 Å². The minimum absolute atomic E-state index is 0.195. The monoisotopic (exact) mass is 416 g/mol. The number of halogens is 2. The lowest BCUT2D eigenvalue weighted by atomic mass is 10.1. The van der Waals surface area contributed by atoms with E-state index >= 15 is 0 Å². The SMILES string of the molecule is Cc1ccc(-c2csc3nc(SCc4c(F)cccc4Cl)[nH]c(=O)c23)cc1. The summed E-state index contributed by atoms with van der Waals surface area (Å²) < 4.78 is 13.9. The topological polar surface area (TPSA) is 45.8 Å². The predicted octanol–water partition coefficient (Wildman–Crippen LogP) is 6.04. The highest BCUT2D eigenvalue weighted by molar-refractivity contribution is 7.98. The zero-order valence-corrected chi connectivity index (χ0v) is 16.6. The van der Waals surface area contributed by atoms with Crippen molar-refractivity contribution in [3.8, 4) is 11.1 Å². The van der Waals surface area contributed by atoms with E-state index in [1.165, 1.54) is 29.2 Å². The van der Waals surface area contributed by atoms with Crippen molar-refractivity contribution in [2.75, 3.05) is 0 Å². The number of aromatic amines is 1. The van der Waals surface area contributed by atoms with Crippen LogP contribution in [0.4, 0.5) is 4.39 Å². The van der Waals surface area contributed by atoms with Crippen LogP contribution in [0.1, 0.15) is 11.1 Å². The fourth-order valence-corrected chi connectivity index (χ4v) is 4.96. The van der Waals surface area contributed by atoms with Crippen molar-refractivity contribution in [2.45, 2.75) is 17.8 Å².